The smallest absolute Gasteiger partial charge is 0.410 e. The van der Waals surface area contributed by atoms with Gasteiger partial charge in [-0.25, -0.2) is 9.59 Å². The van der Waals surface area contributed by atoms with E-state index in [0.29, 0.717) is 22.8 Å². The van der Waals surface area contributed by atoms with Gasteiger partial charge in [0.15, 0.2) is 25.6 Å². The number of hydrogen-bond donors (Lipinski definition) is 2. The molecule has 0 aliphatic carbocycles. The molecule has 0 aromatic heterocycles. The second-order valence-electron chi connectivity index (χ2n) is 9.60. The number of benzene rings is 3. The van der Waals surface area contributed by atoms with E-state index in [1.165, 1.54) is 51.7 Å². The van der Waals surface area contributed by atoms with Crippen molar-refractivity contribution in [2.24, 2.45) is 0 Å². The molecule has 1 aliphatic heterocycles. The highest BCUT2D eigenvalue weighted by Crippen LogP contribution is 2.27. The summed E-state index contributed by atoms with van der Waals surface area (Å²) >= 11 is 0. The molecule has 1 fully saturated rings. The zero-order valence-corrected chi connectivity index (χ0v) is 24.3. The van der Waals surface area contributed by atoms with E-state index >= 15 is 0 Å². The van der Waals surface area contributed by atoms with Gasteiger partial charge in [0.05, 0.1) is 24.3 Å². The fourth-order valence-corrected chi connectivity index (χ4v) is 4.48. The van der Waals surface area contributed by atoms with E-state index < -0.39 is 30.2 Å². The van der Waals surface area contributed by atoms with Crippen LogP contribution in [0.2, 0.25) is 0 Å². The summed E-state index contributed by atoms with van der Waals surface area (Å²) in [4.78, 5) is 51.8. The fourth-order valence-electron chi connectivity index (χ4n) is 4.48. The molecule has 0 spiro atoms. The first-order valence-corrected chi connectivity index (χ1v) is 13.4. The summed E-state index contributed by atoms with van der Waals surface area (Å²) in [6.45, 7) is -0.0697. The lowest BCUT2D eigenvalue weighted by atomic mass is 10.0. The van der Waals surface area contributed by atoms with E-state index in [0.717, 1.165) is 4.90 Å². The number of amides is 2. The van der Waals surface area contributed by atoms with Gasteiger partial charge in [0, 0.05) is 38.3 Å². The molecule has 3 aromatic carbocycles. The maximum absolute atomic E-state index is 13.3. The van der Waals surface area contributed by atoms with E-state index in [9.17, 15) is 24.3 Å². The third-order valence-corrected chi connectivity index (χ3v) is 6.68. The lowest BCUT2D eigenvalue weighted by Gasteiger charge is -2.21. The molecule has 1 aliphatic rings. The van der Waals surface area contributed by atoms with Crippen molar-refractivity contribution < 1.29 is 52.7 Å². The molecule has 13 heteroatoms. The standard InChI is InChI=1S/C31H32N2O11/c1-39-17-42-23-10-8-20(9-11-23)29(35)32-22-14-27(33(16-22)31(37)38)44-30(36)21-6-4-19(5-7-21)28(34)25-15-24(41-3)12-13-26(25)43-18-40-2/h4-13,15,22,27H,14,16-18H2,1-3H3,(H,32,35)(H,37,38). The number of carboxylic acid groups (broad SMARTS) is 1. The number of likely N-dealkylation sites (tertiary alicyclic amines) is 1. The van der Waals surface area contributed by atoms with Crippen LogP contribution >= 0.6 is 0 Å². The molecule has 2 unspecified atom stereocenters. The molecule has 3 aromatic rings. The SMILES string of the molecule is COCOc1ccc(C(=O)NC2CC(OC(=O)c3ccc(C(=O)c4cc(OC)ccc4OCOC)cc3)N(C(=O)O)C2)cc1. The summed E-state index contributed by atoms with van der Waals surface area (Å²) in [6, 6.07) is 16.3. The van der Waals surface area contributed by atoms with E-state index in [-0.39, 0.29) is 49.0 Å². The van der Waals surface area contributed by atoms with Crippen molar-refractivity contribution in [3.8, 4) is 17.2 Å². The van der Waals surface area contributed by atoms with E-state index in [1.807, 2.05) is 0 Å². The first-order valence-electron chi connectivity index (χ1n) is 13.4. The fraction of sp³-hybridized carbons (Fsp3) is 0.290. The molecule has 232 valence electrons. The highest BCUT2D eigenvalue weighted by atomic mass is 16.7. The number of carbonyl (C=O) groups is 4. The van der Waals surface area contributed by atoms with Gasteiger partial charge in [-0.3, -0.25) is 14.5 Å². The Labute approximate surface area is 253 Å². The summed E-state index contributed by atoms with van der Waals surface area (Å²) in [5.74, 6) is -0.309. The van der Waals surface area contributed by atoms with Gasteiger partial charge in [-0.15, -0.1) is 0 Å². The molecule has 2 amide bonds. The minimum atomic E-state index is -1.30. The predicted octanol–water partition coefficient (Wildman–Crippen LogP) is 3.56. The molecule has 1 heterocycles. The monoisotopic (exact) mass is 608 g/mol. The van der Waals surface area contributed by atoms with Crippen LogP contribution in [0.5, 0.6) is 17.2 Å². The van der Waals surface area contributed by atoms with E-state index in [4.69, 9.17) is 28.4 Å². The minimum Gasteiger partial charge on any atom is -0.497 e. The van der Waals surface area contributed by atoms with Crippen LogP contribution < -0.4 is 19.5 Å². The summed E-state index contributed by atoms with van der Waals surface area (Å²) in [5, 5.41) is 12.5. The van der Waals surface area contributed by atoms with Crippen LogP contribution in [0.25, 0.3) is 0 Å². The molecular formula is C31H32N2O11. The highest BCUT2D eigenvalue weighted by Gasteiger charge is 2.39. The minimum absolute atomic E-state index is 0.0511. The lowest BCUT2D eigenvalue weighted by Crippen LogP contribution is -2.39. The maximum Gasteiger partial charge on any atom is 0.410 e. The number of ether oxygens (including phenoxy) is 6. The van der Waals surface area contributed by atoms with E-state index in [2.05, 4.69) is 5.32 Å². The van der Waals surface area contributed by atoms with Crippen LogP contribution in [0.3, 0.4) is 0 Å². The largest absolute Gasteiger partial charge is 0.497 e. The molecule has 13 nitrogen and oxygen atoms in total. The Balaban J connectivity index is 1.40. The molecule has 2 atom stereocenters. The van der Waals surface area contributed by atoms with Crippen molar-refractivity contribution in [3.05, 3.63) is 89.0 Å². The third kappa shape index (κ3) is 7.82. The van der Waals surface area contributed by atoms with Crippen LogP contribution in [0.15, 0.2) is 66.7 Å². The van der Waals surface area contributed by atoms with Crippen LogP contribution in [-0.2, 0) is 14.2 Å². The quantitative estimate of drug-likeness (QED) is 0.166. The number of esters is 1. The first-order chi connectivity index (χ1) is 21.2. The Hall–Kier alpha value is -5.14. The molecule has 4 rings (SSSR count). The van der Waals surface area contributed by atoms with Gasteiger partial charge in [-0.05, 0) is 54.6 Å². The normalized spacial score (nSPS) is 15.8. The highest BCUT2D eigenvalue weighted by molar-refractivity contribution is 6.11. The number of methoxy groups -OCH3 is 3. The van der Waals surface area contributed by atoms with Crippen LogP contribution in [0.4, 0.5) is 4.79 Å². The summed E-state index contributed by atoms with van der Waals surface area (Å²) < 4.78 is 31.3. The van der Waals surface area contributed by atoms with Crippen LogP contribution in [0, 0.1) is 0 Å². The summed E-state index contributed by atoms with van der Waals surface area (Å²) in [5.41, 5.74) is 0.962. The Morgan fingerprint density at radius 3 is 2.07 bits per heavy atom. The van der Waals surface area contributed by atoms with Crippen molar-refractivity contribution in [2.45, 2.75) is 18.7 Å². The summed E-state index contributed by atoms with van der Waals surface area (Å²) in [7, 11) is 4.43. The number of carbonyl (C=O) groups excluding carboxylic acids is 3. The number of ketones is 1. The van der Waals surface area contributed by atoms with E-state index in [1.54, 1.807) is 36.4 Å². The topological polar surface area (TPSA) is 159 Å². The molecule has 44 heavy (non-hydrogen) atoms. The molecular weight excluding hydrogens is 576 g/mol. The van der Waals surface area contributed by atoms with Gasteiger partial charge in [-0.1, -0.05) is 12.1 Å². The average Bonchev–Trinajstić information content (AvgIpc) is 3.44. The Morgan fingerprint density at radius 1 is 0.818 bits per heavy atom. The van der Waals surface area contributed by atoms with Crippen molar-refractivity contribution in [3.63, 3.8) is 0 Å². The number of nitrogens with zero attached hydrogens (tertiary/aromatic N) is 1. The zero-order chi connectivity index (χ0) is 31.6. The first kappa shape index (κ1) is 31.8. The van der Waals surface area contributed by atoms with Gasteiger partial charge in [-0.2, -0.15) is 0 Å². The number of nitrogens with one attached hydrogen (secondary N) is 1. The molecule has 0 saturated carbocycles. The molecule has 0 bridgehead atoms. The predicted molar refractivity (Wildman–Crippen MR) is 154 cm³/mol. The van der Waals surface area contributed by atoms with Gasteiger partial charge >= 0.3 is 12.1 Å². The Bertz CT molecular complexity index is 1470. The number of rotatable bonds is 13. The zero-order valence-electron chi connectivity index (χ0n) is 24.3. The van der Waals surface area contributed by atoms with Gasteiger partial charge in [0.2, 0.25) is 0 Å². The molecule has 1 saturated heterocycles. The second-order valence-corrected chi connectivity index (χ2v) is 9.60. The summed E-state index contributed by atoms with van der Waals surface area (Å²) in [6.07, 6.45) is -2.38. The van der Waals surface area contributed by atoms with Crippen molar-refractivity contribution in [1.82, 2.24) is 10.2 Å². The molecule has 2 N–H and O–H groups in total. The van der Waals surface area contributed by atoms with Crippen molar-refractivity contribution >= 4 is 23.8 Å². The van der Waals surface area contributed by atoms with Gasteiger partial charge < -0.3 is 38.8 Å². The Kier molecular flexibility index (Phi) is 10.7. The van der Waals surface area contributed by atoms with Crippen molar-refractivity contribution in [2.75, 3.05) is 41.5 Å². The second kappa shape index (κ2) is 14.8. The van der Waals surface area contributed by atoms with Crippen molar-refractivity contribution in [1.29, 1.82) is 0 Å². The Morgan fingerprint density at radius 2 is 1.43 bits per heavy atom. The van der Waals surface area contributed by atoms with Gasteiger partial charge in [0.1, 0.15) is 17.2 Å². The maximum atomic E-state index is 13.3. The number of hydrogen-bond acceptors (Lipinski definition) is 10. The van der Waals surface area contributed by atoms with Crippen LogP contribution in [-0.4, -0.2) is 87.5 Å². The average molecular weight is 609 g/mol. The van der Waals surface area contributed by atoms with Crippen LogP contribution in [0.1, 0.15) is 43.1 Å². The third-order valence-electron chi connectivity index (χ3n) is 6.68. The molecule has 0 radical (unpaired) electrons. The lowest BCUT2D eigenvalue weighted by molar-refractivity contribution is -0.00823. The van der Waals surface area contributed by atoms with Gasteiger partial charge in [0.25, 0.3) is 5.91 Å².